The minimum atomic E-state index is -1.02. The molecule has 1 aromatic carbocycles. The number of likely N-dealkylation sites (N-methyl/N-ethyl adjacent to an activating group) is 1. The van der Waals surface area contributed by atoms with E-state index in [1.807, 2.05) is 26.0 Å². The van der Waals surface area contributed by atoms with E-state index in [9.17, 15) is 24.0 Å². The zero-order valence-electron chi connectivity index (χ0n) is 16.2. The molecular weight excluding hydrogens is 364 g/mol. The number of nitrogens with one attached hydrogen (secondary N) is 1. The zero-order chi connectivity index (χ0) is 20.8. The molecule has 1 saturated heterocycles. The Morgan fingerprint density at radius 2 is 1.64 bits per heavy atom. The van der Waals surface area contributed by atoms with Gasteiger partial charge < -0.3 is 10.2 Å². The lowest BCUT2D eigenvalue weighted by Gasteiger charge is -2.20. The van der Waals surface area contributed by atoms with Crippen LogP contribution in [0, 0.1) is 6.92 Å². The maximum absolute atomic E-state index is 12.3. The number of hydrogen-bond donors (Lipinski definition) is 1. The standard InChI is InChI=1S/C19H24N4O5/c1-4-5-10-22-17(26)18(27)23(19(22)28)12-16(25)21(3)11-15(24)20-14-8-6-13(2)7-9-14/h6-9H,4-5,10-12H2,1-3H3,(H,20,24). The number of imide groups is 2. The monoisotopic (exact) mass is 388 g/mol. The molecule has 0 saturated carbocycles. The lowest BCUT2D eigenvalue weighted by Crippen LogP contribution is -2.44. The average molecular weight is 388 g/mol. The quantitative estimate of drug-likeness (QED) is 0.528. The number of anilines is 1. The number of amides is 6. The third-order valence-corrected chi connectivity index (χ3v) is 4.31. The fourth-order valence-corrected chi connectivity index (χ4v) is 2.60. The number of aryl methyl sites for hydroxylation is 1. The van der Waals surface area contributed by atoms with E-state index in [1.54, 1.807) is 12.1 Å². The van der Waals surface area contributed by atoms with Crippen LogP contribution in [-0.2, 0) is 19.2 Å². The highest BCUT2D eigenvalue weighted by Crippen LogP contribution is 2.13. The van der Waals surface area contributed by atoms with Crippen LogP contribution in [0.5, 0.6) is 0 Å². The molecule has 9 nitrogen and oxygen atoms in total. The molecule has 0 aliphatic carbocycles. The van der Waals surface area contributed by atoms with Crippen molar-refractivity contribution >= 4 is 35.3 Å². The predicted molar refractivity (Wildman–Crippen MR) is 101 cm³/mol. The largest absolute Gasteiger partial charge is 0.335 e. The molecule has 0 spiro atoms. The first-order valence-electron chi connectivity index (χ1n) is 9.02. The fourth-order valence-electron chi connectivity index (χ4n) is 2.60. The Hall–Kier alpha value is -3.23. The molecule has 0 radical (unpaired) electrons. The summed E-state index contributed by atoms with van der Waals surface area (Å²) in [5.74, 6) is -2.98. The molecule has 1 aliphatic rings. The van der Waals surface area contributed by atoms with Crippen LogP contribution in [-0.4, -0.2) is 71.0 Å². The summed E-state index contributed by atoms with van der Waals surface area (Å²) in [6, 6.07) is 6.38. The van der Waals surface area contributed by atoms with Crippen LogP contribution in [0.4, 0.5) is 10.5 Å². The number of hydrogen-bond acceptors (Lipinski definition) is 5. The molecule has 1 heterocycles. The summed E-state index contributed by atoms with van der Waals surface area (Å²) >= 11 is 0. The summed E-state index contributed by atoms with van der Waals surface area (Å²) < 4.78 is 0. The average Bonchev–Trinajstić information content (AvgIpc) is 2.85. The molecule has 9 heteroatoms. The Balaban J connectivity index is 1.91. The molecule has 28 heavy (non-hydrogen) atoms. The van der Waals surface area contributed by atoms with Crippen molar-refractivity contribution in [3.05, 3.63) is 29.8 Å². The van der Waals surface area contributed by atoms with Gasteiger partial charge in [-0.25, -0.2) is 9.69 Å². The van der Waals surface area contributed by atoms with Crippen molar-refractivity contribution in [3.63, 3.8) is 0 Å². The van der Waals surface area contributed by atoms with Crippen LogP contribution in [0.1, 0.15) is 25.3 Å². The Bertz CT molecular complexity index is 790. The van der Waals surface area contributed by atoms with E-state index in [1.165, 1.54) is 7.05 Å². The highest BCUT2D eigenvalue weighted by atomic mass is 16.2. The van der Waals surface area contributed by atoms with Gasteiger partial charge in [-0.2, -0.15) is 0 Å². The highest BCUT2D eigenvalue weighted by molar-refractivity contribution is 6.45. The summed E-state index contributed by atoms with van der Waals surface area (Å²) in [7, 11) is 1.39. The lowest BCUT2D eigenvalue weighted by molar-refractivity contribution is -0.145. The molecule has 6 amide bonds. The van der Waals surface area contributed by atoms with Gasteiger partial charge in [0.2, 0.25) is 11.8 Å². The molecule has 0 aromatic heterocycles. The van der Waals surface area contributed by atoms with Gasteiger partial charge in [-0.3, -0.25) is 24.1 Å². The highest BCUT2D eigenvalue weighted by Gasteiger charge is 2.45. The van der Waals surface area contributed by atoms with Gasteiger partial charge in [0.05, 0.1) is 6.54 Å². The molecule has 150 valence electrons. The third-order valence-electron chi connectivity index (χ3n) is 4.31. The second-order valence-electron chi connectivity index (χ2n) is 6.65. The minimum Gasteiger partial charge on any atom is -0.335 e. The number of carbonyl (C=O) groups is 5. The molecule has 1 aromatic rings. The van der Waals surface area contributed by atoms with Gasteiger partial charge in [0.1, 0.15) is 6.54 Å². The summed E-state index contributed by atoms with van der Waals surface area (Å²) in [4.78, 5) is 63.1. The molecule has 2 rings (SSSR count). The second kappa shape index (κ2) is 9.12. The summed E-state index contributed by atoms with van der Waals surface area (Å²) in [5, 5.41) is 2.66. The van der Waals surface area contributed by atoms with Gasteiger partial charge in [0.15, 0.2) is 0 Å². The van der Waals surface area contributed by atoms with Crippen molar-refractivity contribution in [3.8, 4) is 0 Å². The van der Waals surface area contributed by atoms with Gasteiger partial charge in [0, 0.05) is 19.3 Å². The van der Waals surface area contributed by atoms with E-state index in [4.69, 9.17) is 0 Å². The van der Waals surface area contributed by atoms with Crippen molar-refractivity contribution in [1.29, 1.82) is 0 Å². The van der Waals surface area contributed by atoms with Crippen LogP contribution < -0.4 is 5.32 Å². The van der Waals surface area contributed by atoms with Gasteiger partial charge in [-0.1, -0.05) is 31.0 Å². The van der Waals surface area contributed by atoms with Crippen molar-refractivity contribution in [1.82, 2.24) is 14.7 Å². The van der Waals surface area contributed by atoms with E-state index in [0.717, 1.165) is 21.8 Å². The van der Waals surface area contributed by atoms with Gasteiger partial charge in [-0.05, 0) is 25.5 Å². The Morgan fingerprint density at radius 1 is 1.04 bits per heavy atom. The number of carbonyl (C=O) groups excluding carboxylic acids is 5. The first kappa shape index (κ1) is 21.1. The van der Waals surface area contributed by atoms with E-state index in [2.05, 4.69) is 5.32 Å². The molecule has 1 N–H and O–H groups in total. The van der Waals surface area contributed by atoms with Crippen molar-refractivity contribution in [2.75, 3.05) is 32.0 Å². The van der Waals surface area contributed by atoms with E-state index >= 15 is 0 Å². The van der Waals surface area contributed by atoms with Gasteiger partial charge in [0.25, 0.3) is 0 Å². The molecule has 1 aliphatic heterocycles. The Kier molecular flexibility index (Phi) is 6.86. The molecule has 0 atom stereocenters. The van der Waals surface area contributed by atoms with Crippen molar-refractivity contribution in [2.24, 2.45) is 0 Å². The number of benzene rings is 1. The topological polar surface area (TPSA) is 107 Å². The smallest absolute Gasteiger partial charge is 0.334 e. The van der Waals surface area contributed by atoms with E-state index < -0.39 is 36.2 Å². The normalized spacial score (nSPS) is 13.9. The fraction of sp³-hybridized carbons (Fsp3) is 0.421. The van der Waals surface area contributed by atoms with Crippen molar-refractivity contribution in [2.45, 2.75) is 26.7 Å². The first-order chi connectivity index (χ1) is 13.2. The molecule has 0 unspecified atom stereocenters. The maximum atomic E-state index is 12.3. The van der Waals surface area contributed by atoms with Crippen LogP contribution >= 0.6 is 0 Å². The summed E-state index contributed by atoms with van der Waals surface area (Å²) in [6.07, 6.45) is 1.33. The summed E-state index contributed by atoms with van der Waals surface area (Å²) in [5.41, 5.74) is 1.64. The molecule has 0 bridgehead atoms. The van der Waals surface area contributed by atoms with Crippen LogP contribution in [0.3, 0.4) is 0 Å². The zero-order valence-corrected chi connectivity index (χ0v) is 16.2. The number of nitrogens with zero attached hydrogens (tertiary/aromatic N) is 3. The maximum Gasteiger partial charge on any atom is 0.334 e. The number of rotatable bonds is 8. The van der Waals surface area contributed by atoms with Crippen molar-refractivity contribution < 1.29 is 24.0 Å². The Labute approximate surface area is 163 Å². The molecule has 1 fully saturated rings. The predicted octanol–water partition coefficient (Wildman–Crippen LogP) is 0.983. The van der Waals surface area contributed by atoms with Crippen LogP contribution in [0.15, 0.2) is 24.3 Å². The van der Waals surface area contributed by atoms with Gasteiger partial charge in [-0.15, -0.1) is 0 Å². The number of unbranched alkanes of at least 4 members (excludes halogenated alkanes) is 1. The van der Waals surface area contributed by atoms with Crippen LogP contribution in [0.25, 0.3) is 0 Å². The SMILES string of the molecule is CCCCN1C(=O)C(=O)N(CC(=O)N(C)CC(=O)Nc2ccc(C)cc2)C1=O. The minimum absolute atomic E-state index is 0.138. The second-order valence-corrected chi connectivity index (χ2v) is 6.65. The Morgan fingerprint density at radius 3 is 2.25 bits per heavy atom. The van der Waals surface area contributed by atoms with Gasteiger partial charge >= 0.3 is 17.8 Å². The third kappa shape index (κ3) is 4.93. The number of urea groups is 1. The molecular formula is C19H24N4O5. The first-order valence-corrected chi connectivity index (χ1v) is 9.02. The van der Waals surface area contributed by atoms with E-state index in [-0.39, 0.29) is 13.1 Å². The van der Waals surface area contributed by atoms with E-state index in [0.29, 0.717) is 17.0 Å². The van der Waals surface area contributed by atoms with Crippen LogP contribution in [0.2, 0.25) is 0 Å². The summed E-state index contributed by atoms with van der Waals surface area (Å²) in [6.45, 7) is 3.12. The lowest BCUT2D eigenvalue weighted by atomic mass is 10.2.